The van der Waals surface area contributed by atoms with Crippen LogP contribution in [0.2, 0.25) is 0 Å². The molecule has 128 valence electrons. The molecular weight excluding hydrogens is 314 g/mol. The van der Waals surface area contributed by atoms with Crippen LogP contribution in [0.15, 0.2) is 36.7 Å². The molecule has 0 radical (unpaired) electrons. The Morgan fingerprint density at radius 3 is 1.71 bits per heavy atom. The maximum Gasteiger partial charge on any atom is 0.354 e. The van der Waals surface area contributed by atoms with Crippen LogP contribution in [0.5, 0.6) is 11.5 Å². The number of carbonyl (C=O) groups is 2. The molecule has 0 unspecified atom stereocenters. The van der Waals surface area contributed by atoms with Crippen LogP contribution < -0.4 is 0 Å². The third kappa shape index (κ3) is 5.56. The molecule has 0 aliphatic heterocycles. The van der Waals surface area contributed by atoms with Gasteiger partial charge in [-0.05, 0) is 38.1 Å². The van der Waals surface area contributed by atoms with E-state index in [1.807, 2.05) is 13.8 Å². The first-order valence-electron chi connectivity index (χ1n) is 7.21. The van der Waals surface area contributed by atoms with E-state index in [1.165, 1.54) is 30.5 Å². The molecule has 2 aromatic rings. The Morgan fingerprint density at radius 2 is 1.38 bits per heavy atom. The van der Waals surface area contributed by atoms with Gasteiger partial charge in [-0.2, -0.15) is 0 Å². The molecule has 0 saturated heterocycles. The number of aromatic carboxylic acids is 1. The normalized spacial score (nSPS) is 9.58. The molecule has 2 rings (SSSR count). The highest BCUT2D eigenvalue weighted by Crippen LogP contribution is 2.08. The van der Waals surface area contributed by atoms with Crippen LogP contribution in [0.1, 0.15) is 34.8 Å². The summed E-state index contributed by atoms with van der Waals surface area (Å²) in [5.74, 6) is -1.17. The van der Waals surface area contributed by atoms with Gasteiger partial charge in [0.25, 0.3) is 5.91 Å². The molecule has 0 spiro atoms. The summed E-state index contributed by atoms with van der Waals surface area (Å²) in [4.78, 5) is 30.8. The van der Waals surface area contributed by atoms with E-state index in [1.54, 1.807) is 4.90 Å². The molecule has 24 heavy (non-hydrogen) atoms. The lowest BCUT2D eigenvalue weighted by Crippen LogP contribution is -2.30. The number of rotatable bonds is 4. The second kappa shape index (κ2) is 9.09. The smallest absolute Gasteiger partial charge is 0.354 e. The average Bonchev–Trinajstić information content (AvgIpc) is 2.57. The zero-order chi connectivity index (χ0) is 18.1. The third-order valence-electron chi connectivity index (χ3n) is 2.98. The van der Waals surface area contributed by atoms with Crippen LogP contribution in [0.3, 0.4) is 0 Å². The lowest BCUT2D eigenvalue weighted by Gasteiger charge is -2.17. The van der Waals surface area contributed by atoms with Crippen molar-refractivity contribution in [2.24, 2.45) is 0 Å². The van der Waals surface area contributed by atoms with Crippen molar-refractivity contribution < 1.29 is 24.9 Å². The minimum absolute atomic E-state index is 0.0370. The van der Waals surface area contributed by atoms with Crippen molar-refractivity contribution in [3.8, 4) is 11.5 Å². The lowest BCUT2D eigenvalue weighted by atomic mass is 10.3. The van der Waals surface area contributed by atoms with Gasteiger partial charge in [0.15, 0.2) is 0 Å². The SMILES string of the molecule is CCN(CC)C(=O)c1ccc(O)cn1.O=C(O)c1ccc(O)cn1. The summed E-state index contributed by atoms with van der Waals surface area (Å²) < 4.78 is 0. The third-order valence-corrected chi connectivity index (χ3v) is 2.98. The second-order valence-corrected chi connectivity index (χ2v) is 4.59. The maximum atomic E-state index is 11.7. The van der Waals surface area contributed by atoms with E-state index in [0.717, 1.165) is 6.20 Å². The zero-order valence-corrected chi connectivity index (χ0v) is 13.4. The average molecular weight is 333 g/mol. The predicted molar refractivity (Wildman–Crippen MR) is 86.0 cm³/mol. The van der Waals surface area contributed by atoms with E-state index >= 15 is 0 Å². The molecule has 0 bridgehead atoms. The van der Waals surface area contributed by atoms with E-state index in [2.05, 4.69) is 9.97 Å². The van der Waals surface area contributed by atoms with Crippen LogP contribution in [0.4, 0.5) is 0 Å². The Bertz CT molecular complexity index is 667. The summed E-state index contributed by atoms with van der Waals surface area (Å²) in [6.45, 7) is 5.17. The Morgan fingerprint density at radius 1 is 0.917 bits per heavy atom. The minimum Gasteiger partial charge on any atom is -0.506 e. The standard InChI is InChI=1S/C10H14N2O2.C6H5NO3/c1-3-12(4-2)10(14)9-6-5-8(13)7-11-9;8-4-1-2-5(6(9)10)7-3-4/h5-7,13H,3-4H2,1-2H3;1-3,8H,(H,9,10). The molecular formula is C16H19N3O5. The largest absolute Gasteiger partial charge is 0.506 e. The second-order valence-electron chi connectivity index (χ2n) is 4.59. The Labute approximate surface area is 139 Å². The first kappa shape index (κ1) is 18.9. The van der Waals surface area contributed by atoms with Gasteiger partial charge in [-0.3, -0.25) is 4.79 Å². The summed E-state index contributed by atoms with van der Waals surface area (Å²) in [6.07, 6.45) is 2.36. The van der Waals surface area contributed by atoms with Crippen LogP contribution >= 0.6 is 0 Å². The monoisotopic (exact) mass is 333 g/mol. The fourth-order valence-electron chi connectivity index (χ4n) is 1.70. The molecule has 8 nitrogen and oxygen atoms in total. The molecule has 0 aliphatic rings. The van der Waals surface area contributed by atoms with Gasteiger partial charge < -0.3 is 20.2 Å². The fourth-order valence-corrected chi connectivity index (χ4v) is 1.70. The van der Waals surface area contributed by atoms with Crippen molar-refractivity contribution in [2.75, 3.05) is 13.1 Å². The van der Waals surface area contributed by atoms with Gasteiger partial charge in [0.05, 0.1) is 12.4 Å². The van der Waals surface area contributed by atoms with Crippen molar-refractivity contribution in [1.82, 2.24) is 14.9 Å². The number of carboxylic acids is 1. The number of aromatic hydroxyl groups is 2. The molecule has 0 aliphatic carbocycles. The van der Waals surface area contributed by atoms with Gasteiger partial charge in [0.2, 0.25) is 0 Å². The molecule has 3 N–H and O–H groups in total. The van der Waals surface area contributed by atoms with Gasteiger partial charge in [-0.25, -0.2) is 14.8 Å². The van der Waals surface area contributed by atoms with E-state index in [-0.39, 0.29) is 23.1 Å². The Balaban J connectivity index is 0.000000254. The number of pyridine rings is 2. The van der Waals surface area contributed by atoms with Crippen LogP contribution in [0.25, 0.3) is 0 Å². The topological polar surface area (TPSA) is 124 Å². The number of carboxylic acid groups (broad SMARTS) is 1. The fraction of sp³-hybridized carbons (Fsp3) is 0.250. The number of amides is 1. The van der Waals surface area contributed by atoms with Gasteiger partial charge in [0.1, 0.15) is 22.9 Å². The zero-order valence-electron chi connectivity index (χ0n) is 13.4. The van der Waals surface area contributed by atoms with E-state index in [9.17, 15) is 9.59 Å². The molecule has 0 saturated carbocycles. The lowest BCUT2D eigenvalue weighted by molar-refractivity contribution is 0.0689. The Kier molecular flexibility index (Phi) is 7.15. The molecule has 0 fully saturated rings. The maximum absolute atomic E-state index is 11.7. The highest BCUT2D eigenvalue weighted by atomic mass is 16.4. The number of nitrogens with zero attached hydrogens (tertiary/aromatic N) is 3. The summed E-state index contributed by atoms with van der Waals surface area (Å²) in [7, 11) is 0. The molecule has 0 atom stereocenters. The van der Waals surface area contributed by atoms with Crippen LogP contribution in [0, 0.1) is 0 Å². The predicted octanol–water partition coefficient (Wildman–Crippen LogP) is 1.75. The van der Waals surface area contributed by atoms with E-state index in [0.29, 0.717) is 18.8 Å². The van der Waals surface area contributed by atoms with Gasteiger partial charge >= 0.3 is 5.97 Å². The number of aromatic nitrogens is 2. The summed E-state index contributed by atoms with van der Waals surface area (Å²) in [5.41, 5.74) is 0.296. The highest BCUT2D eigenvalue weighted by molar-refractivity contribution is 5.92. The van der Waals surface area contributed by atoms with E-state index in [4.69, 9.17) is 15.3 Å². The van der Waals surface area contributed by atoms with Crippen LogP contribution in [-0.2, 0) is 0 Å². The van der Waals surface area contributed by atoms with Gasteiger partial charge in [-0.1, -0.05) is 0 Å². The highest BCUT2D eigenvalue weighted by Gasteiger charge is 2.12. The molecule has 0 aromatic carbocycles. The minimum atomic E-state index is -1.10. The van der Waals surface area contributed by atoms with Crippen molar-refractivity contribution in [2.45, 2.75) is 13.8 Å². The number of hydrogen-bond acceptors (Lipinski definition) is 6. The summed E-state index contributed by atoms with van der Waals surface area (Å²) >= 11 is 0. The summed E-state index contributed by atoms with van der Waals surface area (Å²) in [5, 5.41) is 26.0. The number of hydrogen-bond donors (Lipinski definition) is 3. The molecule has 2 heterocycles. The van der Waals surface area contributed by atoms with Crippen molar-refractivity contribution in [3.63, 3.8) is 0 Å². The first-order chi connectivity index (χ1) is 11.4. The number of carbonyl (C=O) groups excluding carboxylic acids is 1. The molecule has 2 aromatic heterocycles. The quantitative estimate of drug-likeness (QED) is 0.778. The van der Waals surface area contributed by atoms with Gasteiger partial charge in [-0.15, -0.1) is 0 Å². The molecule has 8 heteroatoms. The van der Waals surface area contributed by atoms with Gasteiger partial charge in [0, 0.05) is 13.1 Å². The van der Waals surface area contributed by atoms with E-state index < -0.39 is 5.97 Å². The van der Waals surface area contributed by atoms with Crippen LogP contribution in [-0.4, -0.2) is 55.2 Å². The van der Waals surface area contributed by atoms with Crippen molar-refractivity contribution in [1.29, 1.82) is 0 Å². The Hall–Kier alpha value is -3.16. The molecule has 1 amide bonds. The first-order valence-corrected chi connectivity index (χ1v) is 7.21. The van der Waals surface area contributed by atoms with Crippen molar-refractivity contribution >= 4 is 11.9 Å². The summed E-state index contributed by atoms with van der Waals surface area (Å²) in [6, 6.07) is 5.49. The van der Waals surface area contributed by atoms with Crippen molar-refractivity contribution in [3.05, 3.63) is 48.0 Å².